The van der Waals surface area contributed by atoms with Crippen LogP contribution in [0.5, 0.6) is 0 Å². The Morgan fingerprint density at radius 3 is 1.50 bits per heavy atom. The molecule has 0 atom stereocenters. The average Bonchev–Trinajstić information content (AvgIpc) is 3.00. The molecule has 0 fully saturated rings. The number of carboxylic acids is 1. The quantitative estimate of drug-likeness (QED) is 0.177. The number of hydrogen-bond acceptors (Lipinski definition) is 8. The largest absolute Gasteiger partial charge is 0.478 e. The molecular formula is C33H56N6O5. The smallest absolute Gasteiger partial charge is 0.407 e. The number of rotatable bonds is 16. The van der Waals surface area contributed by atoms with Crippen LogP contribution in [-0.4, -0.2) is 105 Å². The summed E-state index contributed by atoms with van der Waals surface area (Å²) in [6.45, 7) is 12.3. The summed E-state index contributed by atoms with van der Waals surface area (Å²) in [4.78, 5) is 37.7. The van der Waals surface area contributed by atoms with Gasteiger partial charge in [-0.2, -0.15) is 0 Å². The first-order valence-electron chi connectivity index (χ1n) is 15.2. The van der Waals surface area contributed by atoms with Crippen LogP contribution in [0.15, 0.2) is 60.7 Å². The Hall–Kier alpha value is -3.51. The molecule has 2 aromatic carbocycles. The van der Waals surface area contributed by atoms with Crippen molar-refractivity contribution in [3.8, 4) is 0 Å². The molecule has 0 heterocycles. The third-order valence-electron chi connectivity index (χ3n) is 5.93. The molecule has 0 bridgehead atoms. The van der Waals surface area contributed by atoms with Gasteiger partial charge in [0.05, 0.1) is 5.56 Å². The maximum Gasteiger partial charge on any atom is 0.407 e. The van der Waals surface area contributed by atoms with Gasteiger partial charge in [-0.25, -0.2) is 9.59 Å². The number of nitrogens with one attached hydrogen (secondary N) is 2. The van der Waals surface area contributed by atoms with Crippen molar-refractivity contribution < 1.29 is 24.2 Å². The number of aromatic carboxylic acids is 1. The Bertz CT molecular complexity index is 1020. The van der Waals surface area contributed by atoms with Gasteiger partial charge in [-0.05, 0) is 124 Å². The molecule has 0 aliphatic carbocycles. The summed E-state index contributed by atoms with van der Waals surface area (Å²) in [6, 6.07) is 17.6. The van der Waals surface area contributed by atoms with Crippen molar-refractivity contribution in [2.75, 3.05) is 66.5 Å². The number of nitrogens with zero attached hydrogens (tertiary/aromatic N) is 2. The first-order valence-corrected chi connectivity index (χ1v) is 15.2. The fourth-order valence-electron chi connectivity index (χ4n) is 3.62. The zero-order chi connectivity index (χ0) is 33.2. The van der Waals surface area contributed by atoms with E-state index >= 15 is 0 Å². The maximum atomic E-state index is 11.7. The number of hydrogen-bond donors (Lipinski definition) is 5. The Kier molecular flexibility index (Phi) is 22.9. The number of carbonyl (C=O) groups is 3. The minimum Gasteiger partial charge on any atom is -0.478 e. The zero-order valence-electron chi connectivity index (χ0n) is 27.4. The highest BCUT2D eigenvalue weighted by Crippen LogP contribution is 2.06. The van der Waals surface area contributed by atoms with Gasteiger partial charge in [-0.15, -0.1) is 0 Å². The summed E-state index contributed by atoms with van der Waals surface area (Å²) in [5, 5.41) is 14.0. The lowest BCUT2D eigenvalue weighted by Crippen LogP contribution is -2.34. The molecule has 0 unspecified atom stereocenters. The van der Waals surface area contributed by atoms with Gasteiger partial charge in [0, 0.05) is 18.7 Å². The van der Waals surface area contributed by atoms with Crippen molar-refractivity contribution in [3.05, 3.63) is 71.8 Å². The molecule has 0 aromatic heterocycles. The number of nitrogens with two attached hydrogens (primary N) is 2. The van der Waals surface area contributed by atoms with Gasteiger partial charge >= 0.3 is 12.1 Å². The van der Waals surface area contributed by atoms with Gasteiger partial charge in [0.25, 0.3) is 5.91 Å². The van der Waals surface area contributed by atoms with Crippen molar-refractivity contribution in [3.63, 3.8) is 0 Å². The number of ether oxygens (including phenoxy) is 1. The van der Waals surface area contributed by atoms with Crippen molar-refractivity contribution in [2.24, 2.45) is 11.5 Å². The SMILES string of the molecule is CN(CCCN)CCCNC(=O)OC(C)(C)C.CN(CCCN)CCCNC(=O)c1ccccc1.O=C(O)c1ccccc1. The van der Waals surface area contributed by atoms with Crippen LogP contribution < -0.4 is 22.1 Å². The zero-order valence-corrected chi connectivity index (χ0v) is 27.4. The summed E-state index contributed by atoms with van der Waals surface area (Å²) in [5.74, 6) is -0.879. The third-order valence-corrected chi connectivity index (χ3v) is 5.93. The van der Waals surface area contributed by atoms with Crippen molar-refractivity contribution in [1.29, 1.82) is 0 Å². The van der Waals surface area contributed by atoms with E-state index in [2.05, 4.69) is 34.5 Å². The molecule has 44 heavy (non-hydrogen) atoms. The normalized spacial score (nSPS) is 10.7. The van der Waals surface area contributed by atoms with E-state index in [0.717, 1.165) is 65.0 Å². The number of benzene rings is 2. The minimum absolute atomic E-state index is 0.000196. The van der Waals surface area contributed by atoms with Crippen LogP contribution >= 0.6 is 0 Å². The van der Waals surface area contributed by atoms with E-state index < -0.39 is 11.6 Å². The lowest BCUT2D eigenvalue weighted by molar-refractivity contribution is 0.0525. The fourth-order valence-corrected chi connectivity index (χ4v) is 3.62. The second kappa shape index (κ2) is 24.9. The van der Waals surface area contributed by atoms with E-state index in [9.17, 15) is 14.4 Å². The van der Waals surface area contributed by atoms with Crippen molar-refractivity contribution in [2.45, 2.75) is 52.1 Å². The number of alkyl carbamates (subject to hydrolysis) is 1. The Balaban J connectivity index is 0.000000663. The monoisotopic (exact) mass is 616 g/mol. The molecule has 2 amide bonds. The second-order valence-corrected chi connectivity index (χ2v) is 11.3. The molecule has 248 valence electrons. The molecule has 7 N–H and O–H groups in total. The predicted molar refractivity (Wildman–Crippen MR) is 178 cm³/mol. The molecule has 0 saturated carbocycles. The van der Waals surface area contributed by atoms with Gasteiger partial charge in [0.15, 0.2) is 0 Å². The standard InChI is InChI=1S/C14H23N3O.C12H27N3O2.C7H6O2/c1-17(11-5-9-15)12-6-10-16-14(18)13-7-3-2-4-8-13;1-12(2,3)17-11(16)14-8-6-10-15(4)9-5-7-13;8-7(9)6-4-2-1-3-5-6/h2-4,7-8H,5-6,9-12,15H2,1H3,(H,16,18);5-10,13H2,1-4H3,(H,14,16);1-5H,(H,8,9). The molecule has 11 heteroatoms. The van der Waals surface area contributed by atoms with E-state index in [1.165, 1.54) is 0 Å². The van der Waals surface area contributed by atoms with Crippen molar-refractivity contribution in [1.82, 2.24) is 20.4 Å². The van der Waals surface area contributed by atoms with Crippen LogP contribution in [-0.2, 0) is 4.74 Å². The fraction of sp³-hybridized carbons (Fsp3) is 0.545. The highest BCUT2D eigenvalue weighted by Gasteiger charge is 2.15. The van der Waals surface area contributed by atoms with E-state index in [1.807, 2.05) is 51.1 Å². The van der Waals surface area contributed by atoms with Crippen LogP contribution in [0.4, 0.5) is 4.79 Å². The summed E-state index contributed by atoms with van der Waals surface area (Å²) in [6.07, 6.45) is 3.56. The topological polar surface area (TPSA) is 163 Å². The van der Waals surface area contributed by atoms with Crippen LogP contribution in [0.25, 0.3) is 0 Å². The highest BCUT2D eigenvalue weighted by molar-refractivity contribution is 5.94. The lowest BCUT2D eigenvalue weighted by atomic mass is 10.2. The third kappa shape index (κ3) is 24.0. The van der Waals surface area contributed by atoms with E-state index in [4.69, 9.17) is 21.3 Å². The van der Waals surface area contributed by atoms with E-state index in [1.54, 1.807) is 30.3 Å². The first kappa shape index (κ1) is 40.5. The molecule has 11 nitrogen and oxygen atoms in total. The number of carbonyl (C=O) groups excluding carboxylic acids is 2. The van der Waals surface area contributed by atoms with Gasteiger partial charge in [0.1, 0.15) is 5.60 Å². The molecule has 0 aliphatic heterocycles. The van der Waals surface area contributed by atoms with Gasteiger partial charge < -0.3 is 41.7 Å². The maximum absolute atomic E-state index is 11.7. The summed E-state index contributed by atoms with van der Waals surface area (Å²) >= 11 is 0. The number of amides is 2. The summed E-state index contributed by atoms with van der Waals surface area (Å²) < 4.78 is 5.13. The highest BCUT2D eigenvalue weighted by atomic mass is 16.6. The minimum atomic E-state index is -0.879. The molecule has 0 spiro atoms. The van der Waals surface area contributed by atoms with Crippen molar-refractivity contribution >= 4 is 18.0 Å². The van der Waals surface area contributed by atoms with Gasteiger partial charge in [0.2, 0.25) is 0 Å². The van der Waals surface area contributed by atoms with E-state index in [-0.39, 0.29) is 12.0 Å². The van der Waals surface area contributed by atoms with Gasteiger partial charge in [-0.1, -0.05) is 36.4 Å². The Morgan fingerprint density at radius 2 is 1.11 bits per heavy atom. The molecule has 0 aliphatic rings. The summed E-state index contributed by atoms with van der Waals surface area (Å²) in [7, 11) is 4.14. The average molecular weight is 617 g/mol. The second-order valence-electron chi connectivity index (χ2n) is 11.3. The molecule has 2 rings (SSSR count). The van der Waals surface area contributed by atoms with Crippen LogP contribution in [0.1, 0.15) is 67.2 Å². The van der Waals surface area contributed by atoms with Crippen LogP contribution in [0.2, 0.25) is 0 Å². The molecule has 0 saturated heterocycles. The predicted octanol–water partition coefficient (Wildman–Crippen LogP) is 3.65. The van der Waals surface area contributed by atoms with Gasteiger partial charge in [-0.3, -0.25) is 4.79 Å². The first-order chi connectivity index (χ1) is 20.9. The number of carboxylic acid groups (broad SMARTS) is 1. The lowest BCUT2D eigenvalue weighted by Gasteiger charge is -2.20. The van der Waals surface area contributed by atoms with E-state index in [0.29, 0.717) is 24.2 Å². The van der Waals surface area contributed by atoms with Crippen LogP contribution in [0.3, 0.4) is 0 Å². The Labute approximate surface area is 264 Å². The molecule has 2 aromatic rings. The summed E-state index contributed by atoms with van der Waals surface area (Å²) in [5.41, 5.74) is 11.5. The van der Waals surface area contributed by atoms with Crippen LogP contribution in [0, 0.1) is 0 Å². The molecular weight excluding hydrogens is 560 g/mol. The molecule has 0 radical (unpaired) electrons. The Morgan fingerprint density at radius 1 is 0.705 bits per heavy atom.